The predicted molar refractivity (Wildman–Crippen MR) is 78.1 cm³/mol. The van der Waals surface area contributed by atoms with Crippen molar-refractivity contribution in [2.45, 2.75) is 32.9 Å². The molecule has 1 saturated heterocycles. The van der Waals surface area contributed by atoms with E-state index in [0.29, 0.717) is 19.0 Å². The summed E-state index contributed by atoms with van der Waals surface area (Å²) in [4.78, 5) is 16.1. The Hall–Kier alpha value is -1.33. The third-order valence-corrected chi connectivity index (χ3v) is 3.74. The van der Waals surface area contributed by atoms with Crippen molar-refractivity contribution >= 4 is 5.91 Å². The van der Waals surface area contributed by atoms with Crippen molar-refractivity contribution in [1.82, 2.24) is 9.80 Å². The van der Waals surface area contributed by atoms with E-state index in [4.69, 9.17) is 10.2 Å². The smallest absolute Gasteiger partial charge is 0.236 e. The summed E-state index contributed by atoms with van der Waals surface area (Å²) >= 11 is 0. The first-order valence-electron chi connectivity index (χ1n) is 7.21. The van der Waals surface area contributed by atoms with Crippen LogP contribution in [-0.4, -0.2) is 48.4 Å². The number of likely N-dealkylation sites (N-methyl/N-ethyl adjacent to an activating group) is 1. The van der Waals surface area contributed by atoms with E-state index in [9.17, 15) is 4.79 Å². The van der Waals surface area contributed by atoms with Crippen LogP contribution in [0.3, 0.4) is 0 Å². The van der Waals surface area contributed by atoms with E-state index in [1.54, 1.807) is 4.90 Å². The molecule has 1 aliphatic rings. The van der Waals surface area contributed by atoms with Crippen molar-refractivity contribution < 1.29 is 9.21 Å². The summed E-state index contributed by atoms with van der Waals surface area (Å²) in [6.45, 7) is 6.81. The van der Waals surface area contributed by atoms with Crippen LogP contribution in [0.25, 0.3) is 0 Å². The van der Waals surface area contributed by atoms with Crippen molar-refractivity contribution in [3.8, 4) is 0 Å². The topological polar surface area (TPSA) is 62.7 Å². The van der Waals surface area contributed by atoms with Gasteiger partial charge in [-0.25, -0.2) is 0 Å². The van der Waals surface area contributed by atoms with Gasteiger partial charge in [-0.2, -0.15) is 0 Å². The summed E-state index contributed by atoms with van der Waals surface area (Å²) in [5.74, 6) is 2.36. The molecule has 1 amide bonds. The molecule has 2 heterocycles. The minimum atomic E-state index is 0.111. The monoisotopic (exact) mass is 279 g/mol. The average molecular weight is 279 g/mol. The third kappa shape index (κ3) is 4.08. The predicted octanol–water partition coefficient (Wildman–Crippen LogP) is 1.22. The van der Waals surface area contributed by atoms with Gasteiger partial charge in [0.05, 0.1) is 13.1 Å². The Morgan fingerprint density at radius 1 is 1.50 bits per heavy atom. The van der Waals surface area contributed by atoms with Gasteiger partial charge in [0.25, 0.3) is 0 Å². The highest BCUT2D eigenvalue weighted by Gasteiger charge is 2.24. The van der Waals surface area contributed by atoms with Gasteiger partial charge < -0.3 is 15.1 Å². The normalized spacial score (nSPS) is 23.8. The number of furan rings is 1. The molecule has 5 nitrogen and oxygen atoms in total. The molecule has 1 aromatic heterocycles. The number of nitrogens with two attached hydrogens (primary N) is 1. The number of likely N-dealkylation sites (tertiary alicyclic amines) is 1. The maximum Gasteiger partial charge on any atom is 0.236 e. The van der Waals surface area contributed by atoms with E-state index in [2.05, 4.69) is 11.8 Å². The van der Waals surface area contributed by atoms with Crippen LogP contribution in [0.2, 0.25) is 0 Å². The molecule has 0 spiro atoms. The van der Waals surface area contributed by atoms with Gasteiger partial charge in [-0.15, -0.1) is 0 Å². The van der Waals surface area contributed by atoms with Gasteiger partial charge >= 0.3 is 0 Å². The van der Waals surface area contributed by atoms with Crippen molar-refractivity contribution in [1.29, 1.82) is 0 Å². The van der Waals surface area contributed by atoms with E-state index in [-0.39, 0.29) is 11.9 Å². The van der Waals surface area contributed by atoms with Crippen LogP contribution >= 0.6 is 0 Å². The molecule has 5 heteroatoms. The van der Waals surface area contributed by atoms with Crippen molar-refractivity contribution in [3.05, 3.63) is 23.7 Å². The molecule has 2 rings (SSSR count). The molecule has 0 saturated carbocycles. The van der Waals surface area contributed by atoms with Crippen molar-refractivity contribution in [3.63, 3.8) is 0 Å². The van der Waals surface area contributed by atoms with E-state index in [1.807, 2.05) is 26.1 Å². The van der Waals surface area contributed by atoms with Gasteiger partial charge in [0.15, 0.2) is 0 Å². The molecule has 112 valence electrons. The number of hydrogen-bond acceptors (Lipinski definition) is 4. The molecule has 0 radical (unpaired) electrons. The lowest BCUT2D eigenvalue weighted by molar-refractivity contribution is -0.132. The van der Waals surface area contributed by atoms with Gasteiger partial charge in [0.2, 0.25) is 5.91 Å². The number of piperidine rings is 1. The Balaban J connectivity index is 1.84. The van der Waals surface area contributed by atoms with Gasteiger partial charge in [-0.3, -0.25) is 9.69 Å². The van der Waals surface area contributed by atoms with E-state index < -0.39 is 0 Å². The average Bonchev–Trinajstić information content (AvgIpc) is 2.73. The molecule has 1 fully saturated rings. The van der Waals surface area contributed by atoms with Crippen LogP contribution in [0.15, 0.2) is 16.5 Å². The summed E-state index contributed by atoms with van der Waals surface area (Å²) in [5.41, 5.74) is 6.01. The Bertz CT molecular complexity index is 448. The molecule has 20 heavy (non-hydrogen) atoms. The third-order valence-electron chi connectivity index (χ3n) is 3.74. The fourth-order valence-corrected chi connectivity index (χ4v) is 2.85. The standard InChI is InChI=1S/C15H25N3O2/c1-11-6-13(16)8-18(7-11)10-15(19)17(3)9-14-5-4-12(2)20-14/h4-5,11,13H,6-10,16H2,1-3H3. The van der Waals surface area contributed by atoms with Crippen LogP contribution in [0, 0.1) is 12.8 Å². The van der Waals surface area contributed by atoms with Crippen LogP contribution < -0.4 is 5.73 Å². The van der Waals surface area contributed by atoms with Crippen LogP contribution in [0.1, 0.15) is 24.9 Å². The fourth-order valence-electron chi connectivity index (χ4n) is 2.85. The van der Waals surface area contributed by atoms with Crippen LogP contribution in [0.5, 0.6) is 0 Å². The fraction of sp³-hybridized carbons (Fsp3) is 0.667. The maximum absolute atomic E-state index is 12.2. The SMILES string of the molecule is Cc1ccc(CN(C)C(=O)CN2CC(C)CC(N)C2)o1. The minimum Gasteiger partial charge on any atom is -0.464 e. The molecule has 2 N–H and O–H groups in total. The molecule has 1 aliphatic heterocycles. The lowest BCUT2D eigenvalue weighted by Crippen LogP contribution is -2.49. The zero-order chi connectivity index (χ0) is 14.7. The summed E-state index contributed by atoms with van der Waals surface area (Å²) < 4.78 is 5.50. The first kappa shape index (κ1) is 15.1. The minimum absolute atomic E-state index is 0.111. The summed E-state index contributed by atoms with van der Waals surface area (Å²) in [6, 6.07) is 4.02. The first-order valence-corrected chi connectivity index (χ1v) is 7.21. The number of amides is 1. The molecule has 2 unspecified atom stereocenters. The lowest BCUT2D eigenvalue weighted by atomic mass is 9.97. The van der Waals surface area contributed by atoms with Gasteiger partial charge in [-0.1, -0.05) is 6.92 Å². The van der Waals surface area contributed by atoms with Crippen LogP contribution in [-0.2, 0) is 11.3 Å². The second-order valence-electron chi connectivity index (χ2n) is 6.06. The first-order chi connectivity index (χ1) is 9.44. The van der Waals surface area contributed by atoms with Crippen molar-refractivity contribution in [2.24, 2.45) is 11.7 Å². The molecular formula is C15H25N3O2. The molecular weight excluding hydrogens is 254 g/mol. The number of rotatable bonds is 4. The molecule has 0 aromatic carbocycles. The highest BCUT2D eigenvalue weighted by molar-refractivity contribution is 5.77. The number of hydrogen-bond donors (Lipinski definition) is 1. The second-order valence-corrected chi connectivity index (χ2v) is 6.06. The van der Waals surface area contributed by atoms with Gasteiger partial charge in [-0.05, 0) is 31.4 Å². The summed E-state index contributed by atoms with van der Waals surface area (Å²) in [7, 11) is 1.81. The highest BCUT2D eigenvalue weighted by Crippen LogP contribution is 2.15. The van der Waals surface area contributed by atoms with Crippen molar-refractivity contribution in [2.75, 3.05) is 26.7 Å². The van der Waals surface area contributed by atoms with E-state index in [0.717, 1.165) is 31.0 Å². The van der Waals surface area contributed by atoms with E-state index >= 15 is 0 Å². The van der Waals surface area contributed by atoms with E-state index in [1.165, 1.54) is 0 Å². The Morgan fingerprint density at radius 2 is 2.25 bits per heavy atom. The summed E-state index contributed by atoms with van der Waals surface area (Å²) in [5, 5.41) is 0. The number of carbonyl (C=O) groups is 1. The Labute approximate surface area is 120 Å². The number of nitrogens with zero attached hydrogens (tertiary/aromatic N) is 2. The van der Waals surface area contributed by atoms with Crippen LogP contribution in [0.4, 0.5) is 0 Å². The Kier molecular flexibility index (Phi) is 4.83. The van der Waals surface area contributed by atoms with Gasteiger partial charge in [0.1, 0.15) is 11.5 Å². The molecule has 0 aliphatic carbocycles. The number of aryl methyl sites for hydroxylation is 1. The molecule has 2 atom stereocenters. The zero-order valence-corrected chi connectivity index (χ0v) is 12.6. The lowest BCUT2D eigenvalue weighted by Gasteiger charge is -2.35. The Morgan fingerprint density at radius 3 is 2.85 bits per heavy atom. The second kappa shape index (κ2) is 6.41. The number of carbonyl (C=O) groups excluding carboxylic acids is 1. The quantitative estimate of drug-likeness (QED) is 0.900. The molecule has 0 bridgehead atoms. The maximum atomic E-state index is 12.2. The zero-order valence-electron chi connectivity index (χ0n) is 12.6. The highest BCUT2D eigenvalue weighted by atomic mass is 16.3. The largest absolute Gasteiger partial charge is 0.464 e. The van der Waals surface area contributed by atoms with Gasteiger partial charge in [0, 0.05) is 26.2 Å². The summed E-state index contributed by atoms with van der Waals surface area (Å²) in [6.07, 6.45) is 1.05. The molecule has 1 aromatic rings.